The number of fused-ring (bicyclic) bond motifs is 1. The molecule has 0 aliphatic rings. The fraction of sp³-hybridized carbons (Fsp3) is 0.200. The fourth-order valence-corrected chi connectivity index (χ4v) is 2.45. The van der Waals surface area contributed by atoms with Crippen molar-refractivity contribution in [2.24, 2.45) is 0 Å². The van der Waals surface area contributed by atoms with Gasteiger partial charge in [-0.1, -0.05) is 0 Å². The minimum absolute atomic E-state index is 0.144. The topological polar surface area (TPSA) is 98.1 Å². The van der Waals surface area contributed by atoms with Crippen LogP contribution in [0, 0.1) is 6.92 Å². The Morgan fingerprint density at radius 1 is 1.15 bits per heavy atom. The normalized spacial score (nSPS) is 12.0. The van der Waals surface area contributed by atoms with Crippen molar-refractivity contribution in [1.29, 1.82) is 0 Å². The number of nitrogens with one attached hydrogen (secondary N) is 1. The number of pyridine rings is 1. The summed E-state index contributed by atoms with van der Waals surface area (Å²) in [6.07, 6.45) is 0.288. The lowest BCUT2D eigenvalue weighted by Gasteiger charge is -2.02. The molecule has 0 unspecified atom stereocenters. The number of hydrogen-bond acceptors (Lipinski definition) is 6. The molecule has 0 saturated heterocycles. The van der Waals surface area contributed by atoms with Crippen molar-refractivity contribution < 1.29 is 13.2 Å². The third-order valence-corrected chi connectivity index (χ3v) is 3.64. The number of aromatic amines is 1. The smallest absolute Gasteiger partial charge is 0.255 e. The Bertz CT molecular complexity index is 1060. The Kier molecular flexibility index (Phi) is 3.63. The highest BCUT2D eigenvalue weighted by Crippen LogP contribution is 2.29. The van der Waals surface area contributed by atoms with Crippen LogP contribution >= 0.6 is 0 Å². The summed E-state index contributed by atoms with van der Waals surface area (Å²) in [6, 6.07) is 3.38. The maximum Gasteiger partial charge on any atom is 0.451 e. The molecule has 4 rings (SSSR count). The van der Waals surface area contributed by atoms with Gasteiger partial charge in [-0.25, -0.2) is 24.6 Å². The van der Waals surface area contributed by atoms with Gasteiger partial charge in [0.25, 0.3) is 0 Å². The second kappa shape index (κ2) is 5.86. The number of aromatic nitrogens is 8. The molecule has 0 atom stereocenters. The zero-order valence-electron chi connectivity index (χ0n) is 13.4. The number of H-pyrrole nitrogens is 1. The van der Waals surface area contributed by atoms with Crippen LogP contribution in [0.5, 0.6) is 0 Å². The summed E-state index contributed by atoms with van der Waals surface area (Å²) in [6.45, 7) is 2.08. The van der Waals surface area contributed by atoms with Crippen molar-refractivity contribution in [3.8, 4) is 11.5 Å². The van der Waals surface area contributed by atoms with Crippen LogP contribution in [0.15, 0.2) is 30.7 Å². The van der Waals surface area contributed by atoms with Crippen LogP contribution in [0.2, 0.25) is 0 Å². The summed E-state index contributed by atoms with van der Waals surface area (Å²) in [5, 5.41) is 10.5. The molecule has 0 radical (unpaired) electrons. The number of hydrogen-bond donors (Lipinski definition) is 1. The Labute approximate surface area is 144 Å². The van der Waals surface area contributed by atoms with Gasteiger partial charge in [-0.15, -0.1) is 0 Å². The molecule has 4 heterocycles. The molecule has 0 amide bonds. The van der Waals surface area contributed by atoms with Crippen molar-refractivity contribution in [2.75, 3.05) is 0 Å². The molecule has 0 spiro atoms. The van der Waals surface area contributed by atoms with E-state index in [0.29, 0.717) is 23.4 Å². The molecule has 4 aromatic rings. The van der Waals surface area contributed by atoms with Crippen molar-refractivity contribution in [3.63, 3.8) is 0 Å². The molecule has 1 N–H and O–H groups in total. The lowest BCUT2D eigenvalue weighted by Crippen LogP contribution is -2.07. The molecule has 132 valence electrons. The molecule has 0 aliphatic heterocycles. The van der Waals surface area contributed by atoms with Gasteiger partial charge in [0.2, 0.25) is 11.6 Å². The minimum Gasteiger partial charge on any atom is -0.255 e. The quantitative estimate of drug-likeness (QED) is 0.602. The van der Waals surface area contributed by atoms with E-state index in [2.05, 4.69) is 30.1 Å². The molecular formula is C15H11F3N8. The van der Waals surface area contributed by atoms with Gasteiger partial charge in [0, 0.05) is 24.2 Å². The van der Waals surface area contributed by atoms with Gasteiger partial charge in [-0.05, 0) is 19.1 Å². The third kappa shape index (κ3) is 2.87. The first-order chi connectivity index (χ1) is 12.4. The number of aryl methyl sites for hydroxylation is 1. The summed E-state index contributed by atoms with van der Waals surface area (Å²) in [4.78, 5) is 16.0. The van der Waals surface area contributed by atoms with Crippen molar-refractivity contribution in [1.82, 2.24) is 39.9 Å². The van der Waals surface area contributed by atoms with Crippen LogP contribution in [0.3, 0.4) is 0 Å². The SMILES string of the molecule is Cc1ncc(Cn2nc(-c3n[nH]c(C(F)(F)F)n3)c3cccnc32)cn1. The van der Waals surface area contributed by atoms with Gasteiger partial charge in [0.15, 0.2) is 5.65 Å². The van der Waals surface area contributed by atoms with Gasteiger partial charge < -0.3 is 0 Å². The number of halogens is 3. The highest BCUT2D eigenvalue weighted by atomic mass is 19.4. The predicted molar refractivity (Wildman–Crippen MR) is 83.8 cm³/mol. The number of alkyl halides is 3. The van der Waals surface area contributed by atoms with E-state index in [1.807, 2.05) is 5.10 Å². The third-order valence-electron chi connectivity index (χ3n) is 3.64. The van der Waals surface area contributed by atoms with E-state index in [4.69, 9.17) is 0 Å². The lowest BCUT2D eigenvalue weighted by molar-refractivity contribution is -0.144. The first-order valence-electron chi connectivity index (χ1n) is 7.51. The molecular weight excluding hydrogens is 349 g/mol. The zero-order valence-corrected chi connectivity index (χ0v) is 13.4. The molecule has 0 saturated carbocycles. The summed E-state index contributed by atoms with van der Waals surface area (Å²) in [5.74, 6) is -0.682. The molecule has 11 heteroatoms. The molecule has 0 aliphatic carbocycles. The number of nitrogens with zero attached hydrogens (tertiary/aromatic N) is 7. The van der Waals surface area contributed by atoms with Gasteiger partial charge in [0.05, 0.1) is 11.9 Å². The standard InChI is InChI=1S/C15H11F3N8/c1-8-20-5-9(6-21-8)7-26-13-10(3-2-4-19-13)11(25-26)12-22-14(24-23-12)15(16,17)18/h2-6H,7H2,1H3,(H,22,23,24). The Balaban J connectivity index is 1.79. The largest absolute Gasteiger partial charge is 0.451 e. The van der Waals surface area contributed by atoms with Crippen LogP contribution in [0.4, 0.5) is 13.2 Å². The van der Waals surface area contributed by atoms with Gasteiger partial charge in [-0.2, -0.15) is 23.4 Å². The lowest BCUT2D eigenvalue weighted by atomic mass is 10.2. The molecule has 4 aromatic heterocycles. The van der Waals surface area contributed by atoms with E-state index >= 15 is 0 Å². The van der Waals surface area contributed by atoms with E-state index in [9.17, 15) is 13.2 Å². The maximum absolute atomic E-state index is 12.8. The average molecular weight is 360 g/mol. The predicted octanol–water partition coefficient (Wildman–Crippen LogP) is 2.38. The van der Waals surface area contributed by atoms with Crippen LogP contribution in [-0.2, 0) is 12.7 Å². The van der Waals surface area contributed by atoms with E-state index in [-0.39, 0.29) is 11.5 Å². The Morgan fingerprint density at radius 3 is 2.62 bits per heavy atom. The van der Waals surface area contributed by atoms with Crippen molar-refractivity contribution in [3.05, 3.63) is 47.9 Å². The summed E-state index contributed by atoms with van der Waals surface area (Å²) < 4.78 is 39.9. The fourth-order valence-electron chi connectivity index (χ4n) is 2.45. The summed E-state index contributed by atoms with van der Waals surface area (Å²) >= 11 is 0. The molecule has 0 aromatic carbocycles. The van der Waals surface area contributed by atoms with Crippen LogP contribution in [0.25, 0.3) is 22.6 Å². The Hall–Kier alpha value is -3.37. The van der Waals surface area contributed by atoms with Gasteiger partial charge in [-0.3, -0.25) is 5.10 Å². The van der Waals surface area contributed by atoms with Crippen LogP contribution in [0.1, 0.15) is 17.2 Å². The Morgan fingerprint density at radius 2 is 1.92 bits per heavy atom. The van der Waals surface area contributed by atoms with E-state index in [1.54, 1.807) is 42.3 Å². The zero-order chi connectivity index (χ0) is 18.3. The monoisotopic (exact) mass is 360 g/mol. The molecule has 26 heavy (non-hydrogen) atoms. The number of rotatable bonds is 3. The first kappa shape index (κ1) is 16.1. The maximum atomic E-state index is 12.8. The van der Waals surface area contributed by atoms with E-state index < -0.39 is 12.0 Å². The molecule has 0 fully saturated rings. The summed E-state index contributed by atoms with van der Waals surface area (Å²) in [7, 11) is 0. The molecule has 8 nitrogen and oxygen atoms in total. The molecule has 0 bridgehead atoms. The van der Waals surface area contributed by atoms with E-state index in [1.165, 1.54) is 0 Å². The van der Waals surface area contributed by atoms with Crippen LogP contribution in [-0.4, -0.2) is 39.9 Å². The highest BCUT2D eigenvalue weighted by Gasteiger charge is 2.35. The minimum atomic E-state index is -4.61. The van der Waals surface area contributed by atoms with Gasteiger partial charge >= 0.3 is 6.18 Å². The van der Waals surface area contributed by atoms with Crippen LogP contribution < -0.4 is 0 Å². The highest BCUT2D eigenvalue weighted by molar-refractivity contribution is 5.89. The summed E-state index contributed by atoms with van der Waals surface area (Å²) in [5.41, 5.74) is 1.50. The average Bonchev–Trinajstić information content (AvgIpc) is 3.22. The van der Waals surface area contributed by atoms with Gasteiger partial charge in [0.1, 0.15) is 11.5 Å². The first-order valence-corrected chi connectivity index (χ1v) is 7.51. The second-order valence-corrected chi connectivity index (χ2v) is 5.52. The van der Waals surface area contributed by atoms with Crippen molar-refractivity contribution in [2.45, 2.75) is 19.6 Å². The second-order valence-electron chi connectivity index (χ2n) is 5.52. The van der Waals surface area contributed by atoms with E-state index in [0.717, 1.165) is 5.56 Å². The van der Waals surface area contributed by atoms with Crippen molar-refractivity contribution >= 4 is 11.0 Å².